The summed E-state index contributed by atoms with van der Waals surface area (Å²) < 4.78 is 38.9. The number of anilines is 1. The first-order valence-corrected chi connectivity index (χ1v) is 13.4. The number of methoxy groups -OCH3 is 1. The monoisotopic (exact) mass is 535 g/mol. The number of halogens is 2. The van der Waals surface area contributed by atoms with E-state index < -0.39 is 17.7 Å². The zero-order valence-electron chi connectivity index (χ0n) is 22.0. The minimum absolute atomic E-state index is 0.143. The Balaban J connectivity index is 1.50. The number of ether oxygens (including phenoxy) is 1. The van der Waals surface area contributed by atoms with E-state index in [2.05, 4.69) is 4.57 Å². The van der Waals surface area contributed by atoms with Crippen molar-refractivity contribution in [1.82, 2.24) is 18.7 Å². The van der Waals surface area contributed by atoms with E-state index in [9.17, 15) is 18.4 Å². The number of amides is 1. The molecule has 2 fully saturated rings. The Morgan fingerprint density at radius 2 is 1.69 bits per heavy atom. The van der Waals surface area contributed by atoms with Gasteiger partial charge in [0.05, 0.1) is 28.9 Å². The molecule has 4 aromatic rings. The highest BCUT2D eigenvalue weighted by Crippen LogP contribution is 2.41. The van der Waals surface area contributed by atoms with E-state index in [1.807, 2.05) is 18.2 Å². The van der Waals surface area contributed by atoms with Gasteiger partial charge in [-0.15, -0.1) is 0 Å². The van der Waals surface area contributed by atoms with Gasteiger partial charge in [0.25, 0.3) is 0 Å². The number of carbonyl (C=O) groups is 1. The number of piperidine rings is 1. The lowest BCUT2D eigenvalue weighted by Gasteiger charge is -2.37. The lowest BCUT2D eigenvalue weighted by molar-refractivity contribution is -0.120. The van der Waals surface area contributed by atoms with Crippen LogP contribution >= 0.6 is 0 Å². The average molecular weight is 536 g/mol. The maximum absolute atomic E-state index is 14.3. The summed E-state index contributed by atoms with van der Waals surface area (Å²) in [4.78, 5) is 32.5. The molecule has 1 unspecified atom stereocenters. The topological polar surface area (TPSA) is 74.3 Å². The SMILES string of the molecule is CO[C@H]1CC[C@H](n2c(C3CCCC(=O)N3c3ccc(F)c(F)c3)nc3cc(-n4ccn(C)c4=O)ccc32)CC1. The van der Waals surface area contributed by atoms with Crippen LogP contribution in [0.15, 0.2) is 53.6 Å². The number of nitrogens with zero attached hydrogens (tertiary/aromatic N) is 5. The first kappa shape index (κ1) is 25.5. The third-order valence-corrected chi connectivity index (χ3v) is 8.20. The minimum atomic E-state index is -0.992. The van der Waals surface area contributed by atoms with E-state index in [-0.39, 0.29) is 23.7 Å². The fourth-order valence-corrected chi connectivity index (χ4v) is 6.15. The molecule has 0 radical (unpaired) electrons. The van der Waals surface area contributed by atoms with E-state index in [0.29, 0.717) is 30.6 Å². The number of aromatic nitrogens is 4. The molecule has 1 amide bonds. The Kier molecular flexibility index (Phi) is 6.58. The standard InChI is InChI=1S/C29H31F2N5O3/c1-33-14-15-34(29(33)38)19-9-13-25-24(17-19)32-28(36(25)18-6-10-21(39-2)11-7-18)26-4-3-5-27(37)35(26)20-8-12-22(30)23(31)16-20/h8-9,12-18,21,26H,3-7,10-11H2,1-2H3/t18-,21-,26?. The van der Waals surface area contributed by atoms with Gasteiger partial charge in [0.1, 0.15) is 5.82 Å². The van der Waals surface area contributed by atoms with Gasteiger partial charge in [0.15, 0.2) is 11.6 Å². The molecule has 39 heavy (non-hydrogen) atoms. The molecule has 6 rings (SSSR count). The third-order valence-electron chi connectivity index (χ3n) is 8.20. The number of benzene rings is 2. The van der Waals surface area contributed by atoms with Crippen molar-refractivity contribution >= 4 is 22.6 Å². The number of fused-ring (bicyclic) bond motifs is 1. The van der Waals surface area contributed by atoms with Crippen LogP contribution in [0.2, 0.25) is 0 Å². The highest BCUT2D eigenvalue weighted by Gasteiger charge is 2.36. The Morgan fingerprint density at radius 3 is 2.38 bits per heavy atom. The summed E-state index contributed by atoms with van der Waals surface area (Å²) in [6.07, 6.45) is 8.89. The van der Waals surface area contributed by atoms with Crippen molar-refractivity contribution in [2.75, 3.05) is 12.0 Å². The van der Waals surface area contributed by atoms with Crippen LogP contribution in [-0.4, -0.2) is 37.8 Å². The van der Waals surface area contributed by atoms with Crippen molar-refractivity contribution in [3.05, 3.63) is 76.7 Å². The molecule has 2 aromatic heterocycles. The van der Waals surface area contributed by atoms with Crippen LogP contribution in [-0.2, 0) is 16.6 Å². The second kappa shape index (κ2) is 10.1. The fourth-order valence-electron chi connectivity index (χ4n) is 6.15. The number of hydrogen-bond acceptors (Lipinski definition) is 4. The maximum Gasteiger partial charge on any atom is 0.332 e. The summed E-state index contributed by atoms with van der Waals surface area (Å²) in [6.45, 7) is 0. The van der Waals surface area contributed by atoms with Crippen LogP contribution in [0.5, 0.6) is 0 Å². The Morgan fingerprint density at radius 1 is 0.923 bits per heavy atom. The van der Waals surface area contributed by atoms with Crippen molar-refractivity contribution in [3.8, 4) is 5.69 Å². The number of carbonyl (C=O) groups excluding carboxylic acids is 1. The molecule has 1 aliphatic carbocycles. The van der Waals surface area contributed by atoms with Gasteiger partial charge in [0.2, 0.25) is 5.91 Å². The molecule has 1 saturated heterocycles. The van der Waals surface area contributed by atoms with Gasteiger partial charge in [-0.25, -0.2) is 18.6 Å². The van der Waals surface area contributed by atoms with Gasteiger partial charge in [0, 0.05) is 50.8 Å². The van der Waals surface area contributed by atoms with Crippen LogP contribution in [0.3, 0.4) is 0 Å². The molecule has 1 aliphatic heterocycles. The average Bonchev–Trinajstić information content (AvgIpc) is 3.49. The van der Waals surface area contributed by atoms with Crippen molar-refractivity contribution < 1.29 is 18.3 Å². The largest absolute Gasteiger partial charge is 0.381 e. The number of hydrogen-bond donors (Lipinski definition) is 0. The third kappa shape index (κ3) is 4.46. The summed E-state index contributed by atoms with van der Waals surface area (Å²) in [6, 6.07) is 9.08. The van der Waals surface area contributed by atoms with Crippen LogP contribution < -0.4 is 10.6 Å². The first-order valence-electron chi connectivity index (χ1n) is 13.4. The lowest BCUT2D eigenvalue weighted by Crippen LogP contribution is -2.40. The molecule has 2 aromatic carbocycles. The molecule has 2 aliphatic rings. The van der Waals surface area contributed by atoms with Gasteiger partial charge in [-0.1, -0.05) is 0 Å². The predicted molar refractivity (Wildman–Crippen MR) is 143 cm³/mol. The van der Waals surface area contributed by atoms with E-state index in [0.717, 1.165) is 54.7 Å². The van der Waals surface area contributed by atoms with Gasteiger partial charge >= 0.3 is 5.69 Å². The minimum Gasteiger partial charge on any atom is -0.381 e. The Hall–Kier alpha value is -3.79. The number of imidazole rings is 2. The Labute approximate surface area is 224 Å². The molecule has 1 atom stereocenters. The van der Waals surface area contributed by atoms with E-state index in [4.69, 9.17) is 9.72 Å². The highest BCUT2D eigenvalue weighted by molar-refractivity contribution is 5.95. The smallest absolute Gasteiger partial charge is 0.332 e. The fraction of sp³-hybridized carbons (Fsp3) is 0.414. The first-order chi connectivity index (χ1) is 18.9. The lowest BCUT2D eigenvalue weighted by atomic mass is 9.92. The summed E-state index contributed by atoms with van der Waals surface area (Å²) in [7, 11) is 3.44. The summed E-state index contributed by atoms with van der Waals surface area (Å²) in [5.41, 5.74) is 2.50. The summed E-state index contributed by atoms with van der Waals surface area (Å²) >= 11 is 0. The quantitative estimate of drug-likeness (QED) is 0.353. The molecular weight excluding hydrogens is 504 g/mol. The zero-order chi connectivity index (χ0) is 27.3. The zero-order valence-corrected chi connectivity index (χ0v) is 22.0. The predicted octanol–water partition coefficient (Wildman–Crippen LogP) is 5.19. The van der Waals surface area contributed by atoms with Crippen LogP contribution in [0.25, 0.3) is 16.7 Å². The molecule has 204 valence electrons. The van der Waals surface area contributed by atoms with Crippen molar-refractivity contribution in [2.45, 2.75) is 63.1 Å². The second-order valence-corrected chi connectivity index (χ2v) is 10.5. The van der Waals surface area contributed by atoms with Gasteiger partial charge in [-0.05, 0) is 68.9 Å². The van der Waals surface area contributed by atoms with Gasteiger partial charge in [-0.2, -0.15) is 0 Å². The molecule has 10 heteroatoms. The van der Waals surface area contributed by atoms with E-state index >= 15 is 0 Å². The molecule has 0 N–H and O–H groups in total. The Bertz CT molecular complexity index is 1600. The maximum atomic E-state index is 14.3. The van der Waals surface area contributed by atoms with E-state index in [1.165, 1.54) is 10.6 Å². The van der Waals surface area contributed by atoms with Crippen molar-refractivity contribution in [3.63, 3.8) is 0 Å². The molecule has 0 bridgehead atoms. The van der Waals surface area contributed by atoms with Crippen LogP contribution in [0.1, 0.15) is 62.9 Å². The highest BCUT2D eigenvalue weighted by atomic mass is 19.2. The van der Waals surface area contributed by atoms with Crippen LogP contribution in [0, 0.1) is 11.6 Å². The van der Waals surface area contributed by atoms with Gasteiger partial charge in [-0.3, -0.25) is 9.36 Å². The molecule has 8 nitrogen and oxygen atoms in total. The van der Waals surface area contributed by atoms with Crippen molar-refractivity contribution in [2.24, 2.45) is 7.05 Å². The molecule has 0 spiro atoms. The molecule has 1 saturated carbocycles. The summed E-state index contributed by atoms with van der Waals surface area (Å²) in [5, 5.41) is 0. The molecular formula is C29H31F2N5O3. The normalized spacial score (nSPS) is 22.1. The molecule has 3 heterocycles. The van der Waals surface area contributed by atoms with Crippen molar-refractivity contribution in [1.29, 1.82) is 0 Å². The number of aryl methyl sites for hydroxylation is 1. The van der Waals surface area contributed by atoms with Gasteiger partial charge < -0.3 is 18.8 Å². The number of rotatable bonds is 5. The summed E-state index contributed by atoms with van der Waals surface area (Å²) in [5.74, 6) is -1.36. The second-order valence-electron chi connectivity index (χ2n) is 10.5. The van der Waals surface area contributed by atoms with Crippen LogP contribution in [0.4, 0.5) is 14.5 Å². The van der Waals surface area contributed by atoms with E-state index in [1.54, 1.807) is 36.0 Å².